The molecule has 0 aromatic heterocycles. The van der Waals surface area contributed by atoms with E-state index >= 15 is 0 Å². The van der Waals surface area contributed by atoms with Crippen LogP contribution in [0.3, 0.4) is 0 Å². The SMILES string of the molecule is O=C(Nc1ccc2c(c1)C(=O)CCC2)NC1C2CCC(C2)C1CO. The molecule has 0 aliphatic heterocycles. The molecule has 4 rings (SSSR count). The molecule has 128 valence electrons. The average Bonchev–Trinajstić information content (AvgIpc) is 3.17. The van der Waals surface area contributed by atoms with Gasteiger partial charge in [0.1, 0.15) is 0 Å². The number of hydrogen-bond donors (Lipinski definition) is 3. The second-order valence-electron chi connectivity index (χ2n) is 7.45. The normalized spacial score (nSPS) is 31.0. The Morgan fingerprint density at radius 1 is 1.21 bits per heavy atom. The number of anilines is 1. The molecule has 24 heavy (non-hydrogen) atoms. The van der Waals surface area contributed by atoms with E-state index in [4.69, 9.17) is 0 Å². The highest BCUT2D eigenvalue weighted by molar-refractivity contribution is 6.00. The minimum Gasteiger partial charge on any atom is -0.396 e. The summed E-state index contributed by atoms with van der Waals surface area (Å²) in [5.41, 5.74) is 2.48. The van der Waals surface area contributed by atoms with Crippen molar-refractivity contribution in [1.29, 1.82) is 0 Å². The van der Waals surface area contributed by atoms with Crippen LogP contribution in [0.5, 0.6) is 0 Å². The number of rotatable bonds is 3. The van der Waals surface area contributed by atoms with Crippen LogP contribution in [0.25, 0.3) is 0 Å². The first-order chi connectivity index (χ1) is 11.7. The minimum absolute atomic E-state index is 0.0630. The Morgan fingerprint density at radius 3 is 2.88 bits per heavy atom. The largest absolute Gasteiger partial charge is 0.396 e. The molecular formula is C19H24N2O3. The molecule has 2 fully saturated rings. The van der Waals surface area contributed by atoms with Gasteiger partial charge >= 0.3 is 6.03 Å². The molecule has 4 atom stereocenters. The maximum absolute atomic E-state index is 12.4. The molecule has 4 unspecified atom stereocenters. The lowest BCUT2D eigenvalue weighted by Gasteiger charge is -2.30. The fourth-order valence-corrected chi connectivity index (χ4v) is 4.92. The van der Waals surface area contributed by atoms with Gasteiger partial charge in [0.15, 0.2) is 5.78 Å². The van der Waals surface area contributed by atoms with E-state index in [1.807, 2.05) is 12.1 Å². The van der Waals surface area contributed by atoms with Crippen LogP contribution in [-0.4, -0.2) is 29.6 Å². The molecule has 0 heterocycles. The van der Waals surface area contributed by atoms with Crippen molar-refractivity contribution in [2.45, 2.75) is 44.6 Å². The van der Waals surface area contributed by atoms with Gasteiger partial charge in [0.05, 0.1) is 0 Å². The number of aliphatic hydroxyl groups excluding tert-OH is 1. The van der Waals surface area contributed by atoms with Crippen molar-refractivity contribution >= 4 is 17.5 Å². The van der Waals surface area contributed by atoms with Crippen LogP contribution in [0.2, 0.25) is 0 Å². The first-order valence-corrected chi connectivity index (χ1v) is 9.00. The van der Waals surface area contributed by atoms with E-state index in [2.05, 4.69) is 10.6 Å². The molecule has 0 spiro atoms. The summed E-state index contributed by atoms with van der Waals surface area (Å²) < 4.78 is 0. The monoisotopic (exact) mass is 328 g/mol. The van der Waals surface area contributed by atoms with Crippen LogP contribution >= 0.6 is 0 Å². The average molecular weight is 328 g/mol. The highest BCUT2D eigenvalue weighted by Crippen LogP contribution is 2.48. The molecule has 1 aromatic rings. The van der Waals surface area contributed by atoms with Gasteiger partial charge in [-0.25, -0.2) is 4.79 Å². The highest BCUT2D eigenvalue weighted by Gasteiger charge is 2.47. The Hall–Kier alpha value is -1.88. The van der Waals surface area contributed by atoms with Crippen molar-refractivity contribution < 1.29 is 14.7 Å². The molecule has 3 N–H and O–H groups in total. The Bertz CT molecular complexity index is 673. The van der Waals surface area contributed by atoms with E-state index in [0.29, 0.717) is 23.9 Å². The number of Topliss-reactive ketones (excluding diaryl/α,β-unsaturated/α-hetero) is 1. The summed E-state index contributed by atoms with van der Waals surface area (Å²) in [4.78, 5) is 24.4. The van der Waals surface area contributed by atoms with Gasteiger partial charge in [-0.15, -0.1) is 0 Å². The second kappa shape index (κ2) is 6.20. The number of aliphatic hydroxyl groups is 1. The van der Waals surface area contributed by atoms with E-state index in [0.717, 1.165) is 36.8 Å². The maximum atomic E-state index is 12.4. The van der Waals surface area contributed by atoms with Gasteiger partial charge in [0, 0.05) is 36.2 Å². The van der Waals surface area contributed by atoms with E-state index < -0.39 is 0 Å². The van der Waals surface area contributed by atoms with E-state index in [1.165, 1.54) is 6.42 Å². The quantitative estimate of drug-likeness (QED) is 0.798. The van der Waals surface area contributed by atoms with Gasteiger partial charge in [0.2, 0.25) is 0 Å². The summed E-state index contributed by atoms with van der Waals surface area (Å²) in [6.45, 7) is 0.138. The van der Waals surface area contributed by atoms with Crippen LogP contribution in [0.15, 0.2) is 18.2 Å². The number of ketones is 1. The topological polar surface area (TPSA) is 78.4 Å². The van der Waals surface area contributed by atoms with Gasteiger partial charge in [-0.1, -0.05) is 6.07 Å². The Morgan fingerprint density at radius 2 is 2.04 bits per heavy atom. The van der Waals surface area contributed by atoms with Gasteiger partial charge in [0.25, 0.3) is 0 Å². The number of nitrogens with one attached hydrogen (secondary N) is 2. The van der Waals surface area contributed by atoms with Crippen molar-refractivity contribution in [1.82, 2.24) is 5.32 Å². The van der Waals surface area contributed by atoms with Gasteiger partial charge in [-0.05, 0) is 61.6 Å². The third kappa shape index (κ3) is 2.71. The number of amides is 2. The molecule has 2 amide bonds. The molecule has 1 aromatic carbocycles. The zero-order valence-electron chi connectivity index (χ0n) is 13.8. The van der Waals surface area contributed by atoms with Crippen LogP contribution in [0.4, 0.5) is 10.5 Å². The maximum Gasteiger partial charge on any atom is 0.319 e. The van der Waals surface area contributed by atoms with Crippen molar-refractivity contribution in [3.8, 4) is 0 Å². The lowest BCUT2D eigenvalue weighted by Crippen LogP contribution is -2.46. The number of hydrogen-bond acceptors (Lipinski definition) is 3. The van der Waals surface area contributed by atoms with Crippen molar-refractivity contribution in [2.75, 3.05) is 11.9 Å². The Labute approximate surface area is 141 Å². The van der Waals surface area contributed by atoms with E-state index in [9.17, 15) is 14.7 Å². The second-order valence-corrected chi connectivity index (χ2v) is 7.45. The Balaban J connectivity index is 1.43. The molecular weight excluding hydrogens is 304 g/mol. The van der Waals surface area contributed by atoms with Crippen LogP contribution in [0, 0.1) is 17.8 Å². The van der Waals surface area contributed by atoms with Gasteiger partial charge in [-0.3, -0.25) is 4.79 Å². The van der Waals surface area contributed by atoms with Crippen molar-refractivity contribution in [2.24, 2.45) is 17.8 Å². The summed E-state index contributed by atoms with van der Waals surface area (Å²) in [6, 6.07) is 5.42. The number of aryl methyl sites for hydroxylation is 1. The summed E-state index contributed by atoms with van der Waals surface area (Å²) in [5.74, 6) is 1.38. The molecule has 5 heteroatoms. The Kier molecular flexibility index (Phi) is 4.04. The predicted octanol–water partition coefficient (Wildman–Crippen LogP) is 2.73. The summed E-state index contributed by atoms with van der Waals surface area (Å²) >= 11 is 0. The number of fused-ring (bicyclic) bond motifs is 3. The fourth-order valence-electron chi connectivity index (χ4n) is 4.92. The van der Waals surface area contributed by atoms with Crippen LogP contribution < -0.4 is 10.6 Å². The molecule has 2 bridgehead atoms. The van der Waals surface area contributed by atoms with Gasteiger partial charge < -0.3 is 15.7 Å². The fraction of sp³-hybridized carbons (Fsp3) is 0.579. The van der Waals surface area contributed by atoms with Crippen LogP contribution in [-0.2, 0) is 6.42 Å². The molecule has 0 radical (unpaired) electrons. The highest BCUT2D eigenvalue weighted by atomic mass is 16.3. The molecule has 5 nitrogen and oxygen atoms in total. The van der Waals surface area contributed by atoms with E-state index in [-0.39, 0.29) is 30.4 Å². The van der Waals surface area contributed by atoms with Crippen molar-refractivity contribution in [3.63, 3.8) is 0 Å². The number of carbonyl (C=O) groups is 2. The predicted molar refractivity (Wildman–Crippen MR) is 91.1 cm³/mol. The first kappa shape index (κ1) is 15.6. The summed E-state index contributed by atoms with van der Waals surface area (Å²) in [7, 11) is 0. The third-order valence-electron chi connectivity index (χ3n) is 6.12. The lowest BCUT2D eigenvalue weighted by atomic mass is 9.85. The number of carbonyl (C=O) groups excluding carboxylic acids is 2. The van der Waals surface area contributed by atoms with E-state index in [1.54, 1.807) is 6.07 Å². The molecule has 3 aliphatic rings. The first-order valence-electron chi connectivity index (χ1n) is 9.00. The summed E-state index contributed by atoms with van der Waals surface area (Å²) in [6.07, 6.45) is 5.85. The molecule has 0 saturated heterocycles. The zero-order valence-corrected chi connectivity index (χ0v) is 13.8. The van der Waals surface area contributed by atoms with Gasteiger partial charge in [-0.2, -0.15) is 0 Å². The minimum atomic E-state index is -0.241. The molecule has 2 saturated carbocycles. The standard InChI is InChI=1S/C19H24N2O3/c22-10-16-12-4-5-13(8-12)18(16)21-19(24)20-14-7-6-11-2-1-3-17(23)15(11)9-14/h6-7,9,12-13,16,18,22H,1-5,8,10H2,(H2,20,21,24). The van der Waals surface area contributed by atoms with Crippen LogP contribution in [0.1, 0.15) is 48.0 Å². The number of benzene rings is 1. The summed E-state index contributed by atoms with van der Waals surface area (Å²) in [5, 5.41) is 15.5. The lowest BCUT2D eigenvalue weighted by molar-refractivity contribution is 0.0972. The smallest absolute Gasteiger partial charge is 0.319 e. The van der Waals surface area contributed by atoms with Crippen molar-refractivity contribution in [3.05, 3.63) is 29.3 Å². The zero-order chi connectivity index (χ0) is 16.7. The third-order valence-corrected chi connectivity index (χ3v) is 6.12. The number of urea groups is 1. The molecule has 3 aliphatic carbocycles.